The SMILES string of the molecule is COCCNc1nc(-c2ccc(C)c(F)c2)n(-c2cc(=O)[nH]cn2)n1. The molecule has 0 saturated heterocycles. The van der Waals surface area contributed by atoms with E-state index >= 15 is 0 Å². The Labute approximate surface area is 142 Å². The molecular weight excluding hydrogens is 327 g/mol. The van der Waals surface area contributed by atoms with Gasteiger partial charge < -0.3 is 15.0 Å². The minimum absolute atomic E-state index is 0.284. The Bertz CT molecular complexity index is 936. The second kappa shape index (κ2) is 7.22. The molecule has 8 nitrogen and oxygen atoms in total. The second-order valence-electron chi connectivity index (χ2n) is 5.32. The predicted octanol–water partition coefficient (Wildman–Crippen LogP) is 1.52. The van der Waals surface area contributed by atoms with E-state index in [1.54, 1.807) is 26.2 Å². The minimum atomic E-state index is -0.347. The Kier molecular flexibility index (Phi) is 4.85. The van der Waals surface area contributed by atoms with Crippen LogP contribution in [0.25, 0.3) is 17.2 Å². The smallest absolute Gasteiger partial charge is 0.252 e. The Hall–Kier alpha value is -3.07. The van der Waals surface area contributed by atoms with E-state index in [0.717, 1.165) is 0 Å². The number of hydrogen-bond acceptors (Lipinski definition) is 6. The fourth-order valence-corrected chi connectivity index (χ4v) is 2.20. The van der Waals surface area contributed by atoms with Gasteiger partial charge in [-0.2, -0.15) is 9.67 Å². The van der Waals surface area contributed by atoms with E-state index in [0.29, 0.717) is 36.1 Å². The van der Waals surface area contributed by atoms with E-state index in [2.05, 4.69) is 25.4 Å². The van der Waals surface area contributed by atoms with Gasteiger partial charge in [-0.3, -0.25) is 4.79 Å². The molecule has 0 aliphatic rings. The van der Waals surface area contributed by atoms with Crippen LogP contribution in [-0.4, -0.2) is 45.0 Å². The van der Waals surface area contributed by atoms with Crippen molar-refractivity contribution in [2.24, 2.45) is 0 Å². The number of halogens is 1. The van der Waals surface area contributed by atoms with E-state index in [1.165, 1.54) is 23.1 Å². The average molecular weight is 344 g/mol. The van der Waals surface area contributed by atoms with Crippen LogP contribution in [0.4, 0.5) is 10.3 Å². The van der Waals surface area contributed by atoms with Gasteiger partial charge in [0.25, 0.3) is 5.56 Å². The lowest BCUT2D eigenvalue weighted by atomic mass is 10.1. The molecule has 0 bridgehead atoms. The third-order valence-corrected chi connectivity index (χ3v) is 3.51. The van der Waals surface area contributed by atoms with Gasteiger partial charge in [-0.1, -0.05) is 12.1 Å². The van der Waals surface area contributed by atoms with Crippen LogP contribution < -0.4 is 10.9 Å². The van der Waals surface area contributed by atoms with Crippen molar-refractivity contribution in [2.75, 3.05) is 25.6 Å². The molecule has 0 aliphatic heterocycles. The lowest BCUT2D eigenvalue weighted by Gasteiger charge is -2.05. The fraction of sp³-hybridized carbons (Fsp3) is 0.250. The van der Waals surface area contributed by atoms with Crippen LogP contribution in [-0.2, 0) is 4.74 Å². The number of aromatic amines is 1. The number of methoxy groups -OCH3 is 1. The number of hydrogen-bond donors (Lipinski definition) is 2. The van der Waals surface area contributed by atoms with Crippen LogP contribution in [0.15, 0.2) is 35.4 Å². The largest absolute Gasteiger partial charge is 0.383 e. The molecule has 3 rings (SSSR count). The van der Waals surface area contributed by atoms with Crippen molar-refractivity contribution in [1.29, 1.82) is 0 Å². The highest BCUT2D eigenvalue weighted by atomic mass is 19.1. The molecule has 0 amide bonds. The second-order valence-corrected chi connectivity index (χ2v) is 5.32. The van der Waals surface area contributed by atoms with Gasteiger partial charge in [0.05, 0.1) is 12.9 Å². The number of H-pyrrole nitrogens is 1. The van der Waals surface area contributed by atoms with E-state index in [-0.39, 0.29) is 17.2 Å². The summed E-state index contributed by atoms with van der Waals surface area (Å²) in [4.78, 5) is 22.5. The van der Waals surface area contributed by atoms with Crippen LogP contribution in [0.2, 0.25) is 0 Å². The van der Waals surface area contributed by atoms with Crippen molar-refractivity contribution in [3.05, 3.63) is 52.3 Å². The number of ether oxygens (including phenoxy) is 1. The van der Waals surface area contributed by atoms with E-state index < -0.39 is 0 Å². The lowest BCUT2D eigenvalue weighted by molar-refractivity contribution is 0.210. The van der Waals surface area contributed by atoms with Gasteiger partial charge in [0.1, 0.15) is 5.82 Å². The van der Waals surface area contributed by atoms with Crippen LogP contribution in [0.1, 0.15) is 5.56 Å². The zero-order valence-electron chi connectivity index (χ0n) is 13.8. The number of rotatable bonds is 6. The molecule has 2 N–H and O–H groups in total. The monoisotopic (exact) mass is 344 g/mol. The summed E-state index contributed by atoms with van der Waals surface area (Å²) < 4.78 is 20.3. The third-order valence-electron chi connectivity index (χ3n) is 3.51. The summed E-state index contributed by atoms with van der Waals surface area (Å²) in [6.07, 6.45) is 1.27. The van der Waals surface area contributed by atoms with E-state index in [1.807, 2.05) is 0 Å². The number of nitrogens with zero attached hydrogens (tertiary/aromatic N) is 4. The minimum Gasteiger partial charge on any atom is -0.383 e. The van der Waals surface area contributed by atoms with Crippen molar-refractivity contribution in [2.45, 2.75) is 6.92 Å². The zero-order valence-corrected chi connectivity index (χ0v) is 13.8. The number of benzene rings is 1. The number of aromatic nitrogens is 5. The summed E-state index contributed by atoms with van der Waals surface area (Å²) in [5.41, 5.74) is 0.732. The molecule has 25 heavy (non-hydrogen) atoms. The Balaban J connectivity index is 2.07. The highest BCUT2D eigenvalue weighted by Gasteiger charge is 2.16. The molecule has 0 atom stereocenters. The van der Waals surface area contributed by atoms with Gasteiger partial charge in [0.15, 0.2) is 11.6 Å². The van der Waals surface area contributed by atoms with E-state index in [4.69, 9.17) is 4.74 Å². The normalized spacial score (nSPS) is 10.8. The first kappa shape index (κ1) is 16.8. The topological polar surface area (TPSA) is 97.7 Å². The summed E-state index contributed by atoms with van der Waals surface area (Å²) in [6, 6.07) is 6.07. The molecule has 1 aromatic carbocycles. The molecule has 130 valence electrons. The molecule has 0 spiro atoms. The average Bonchev–Trinajstić information content (AvgIpc) is 3.02. The fourth-order valence-electron chi connectivity index (χ4n) is 2.20. The quantitative estimate of drug-likeness (QED) is 0.658. The third kappa shape index (κ3) is 3.72. The van der Waals surface area contributed by atoms with Gasteiger partial charge in [0.2, 0.25) is 5.95 Å². The number of aryl methyl sites for hydroxylation is 1. The Morgan fingerprint density at radius 3 is 2.92 bits per heavy atom. The van der Waals surface area contributed by atoms with Crippen molar-refractivity contribution >= 4 is 5.95 Å². The van der Waals surface area contributed by atoms with Gasteiger partial charge >= 0.3 is 0 Å². The first-order valence-electron chi connectivity index (χ1n) is 7.60. The van der Waals surface area contributed by atoms with E-state index in [9.17, 15) is 9.18 Å². The Morgan fingerprint density at radius 1 is 1.36 bits per heavy atom. The maximum atomic E-state index is 14.0. The van der Waals surface area contributed by atoms with Crippen LogP contribution in [0, 0.1) is 12.7 Å². The summed E-state index contributed by atoms with van der Waals surface area (Å²) >= 11 is 0. The van der Waals surface area contributed by atoms with Gasteiger partial charge in [-0.15, -0.1) is 5.10 Å². The molecule has 0 saturated carbocycles. The van der Waals surface area contributed by atoms with Crippen molar-refractivity contribution in [3.63, 3.8) is 0 Å². The Morgan fingerprint density at radius 2 is 2.20 bits per heavy atom. The summed E-state index contributed by atoms with van der Waals surface area (Å²) in [6.45, 7) is 2.66. The first-order chi connectivity index (χ1) is 12.1. The first-order valence-corrected chi connectivity index (χ1v) is 7.60. The van der Waals surface area contributed by atoms with Gasteiger partial charge in [-0.25, -0.2) is 9.37 Å². The molecule has 3 aromatic rings. The number of anilines is 1. The standard InChI is InChI=1S/C16H17FN6O2/c1-10-3-4-11(7-12(10)17)15-21-16(18-5-6-25-2)22-23(15)13-8-14(24)20-9-19-13/h3-4,7-9H,5-6H2,1-2H3,(H,18,22)(H,19,20,24). The molecule has 0 aliphatic carbocycles. The molecule has 0 radical (unpaired) electrons. The summed E-state index contributed by atoms with van der Waals surface area (Å²) in [5, 5.41) is 7.33. The maximum absolute atomic E-state index is 14.0. The van der Waals surface area contributed by atoms with Gasteiger partial charge in [0, 0.05) is 25.3 Å². The molecule has 9 heteroatoms. The van der Waals surface area contributed by atoms with Crippen LogP contribution >= 0.6 is 0 Å². The molecule has 2 heterocycles. The molecule has 0 fully saturated rings. The van der Waals surface area contributed by atoms with Gasteiger partial charge in [-0.05, 0) is 18.6 Å². The van der Waals surface area contributed by atoms with Crippen molar-refractivity contribution < 1.29 is 9.13 Å². The number of nitrogens with one attached hydrogen (secondary N) is 2. The highest BCUT2D eigenvalue weighted by Crippen LogP contribution is 2.23. The van der Waals surface area contributed by atoms with Crippen molar-refractivity contribution in [3.8, 4) is 17.2 Å². The highest BCUT2D eigenvalue weighted by molar-refractivity contribution is 5.59. The molecule has 2 aromatic heterocycles. The van der Waals surface area contributed by atoms with Crippen LogP contribution in [0.3, 0.4) is 0 Å². The maximum Gasteiger partial charge on any atom is 0.252 e. The predicted molar refractivity (Wildman–Crippen MR) is 90.3 cm³/mol. The van der Waals surface area contributed by atoms with Crippen LogP contribution in [0.5, 0.6) is 0 Å². The lowest BCUT2D eigenvalue weighted by Crippen LogP contribution is -2.11. The zero-order chi connectivity index (χ0) is 17.8. The summed E-state index contributed by atoms with van der Waals surface area (Å²) in [7, 11) is 1.59. The summed E-state index contributed by atoms with van der Waals surface area (Å²) in [5.74, 6) is 0.638. The van der Waals surface area contributed by atoms with Crippen molar-refractivity contribution in [1.82, 2.24) is 24.7 Å². The molecule has 0 unspecified atom stereocenters. The molecular formula is C16H17FN6O2.